The molecule has 0 saturated carbocycles. The Balaban J connectivity index is 2.68. The van der Waals surface area contributed by atoms with Gasteiger partial charge in [-0.3, -0.25) is 4.79 Å². The van der Waals surface area contributed by atoms with Crippen LogP contribution >= 0.6 is 11.6 Å². The predicted molar refractivity (Wildman–Crippen MR) is 72.4 cm³/mol. The Kier molecular flexibility index (Phi) is 4.12. The molecular weight excluding hydrogens is 328 g/mol. The van der Waals surface area contributed by atoms with E-state index in [9.17, 15) is 22.4 Å². The van der Waals surface area contributed by atoms with Crippen LogP contribution in [0.5, 0.6) is 0 Å². The molecule has 118 valence electrons. The van der Waals surface area contributed by atoms with Crippen LogP contribution in [0.4, 0.5) is 23.2 Å². The zero-order chi connectivity index (χ0) is 16.7. The number of halogens is 5. The average molecular weight is 337 g/mol. The number of hydrogen-bond acceptors (Lipinski definition) is 4. The van der Waals surface area contributed by atoms with Crippen LogP contribution in [0, 0.1) is 5.82 Å². The summed E-state index contributed by atoms with van der Waals surface area (Å²) in [6, 6.07) is 1.64. The molecule has 0 radical (unpaired) electrons. The fourth-order valence-corrected chi connectivity index (χ4v) is 1.96. The lowest BCUT2D eigenvalue weighted by molar-refractivity contribution is -0.137. The van der Waals surface area contributed by atoms with E-state index in [0.29, 0.717) is 22.9 Å². The van der Waals surface area contributed by atoms with Crippen molar-refractivity contribution < 1.29 is 17.6 Å². The number of nitrogens with zero attached hydrogens (tertiary/aromatic N) is 3. The Morgan fingerprint density at radius 2 is 2.00 bits per heavy atom. The Hall–Kier alpha value is -2.13. The minimum absolute atomic E-state index is 0.0512. The first kappa shape index (κ1) is 16.2. The van der Waals surface area contributed by atoms with Crippen molar-refractivity contribution in [3.63, 3.8) is 0 Å². The summed E-state index contributed by atoms with van der Waals surface area (Å²) in [6.07, 6.45) is -3.64. The monoisotopic (exact) mass is 336 g/mol. The molecule has 2 N–H and O–H groups in total. The van der Waals surface area contributed by atoms with Gasteiger partial charge >= 0.3 is 6.18 Å². The van der Waals surface area contributed by atoms with Crippen molar-refractivity contribution in [3.05, 3.63) is 51.2 Å². The molecule has 1 aromatic carbocycles. The van der Waals surface area contributed by atoms with Gasteiger partial charge in [0.2, 0.25) is 0 Å². The largest absolute Gasteiger partial charge is 0.416 e. The normalized spacial score (nSPS) is 11.6. The molecular formula is C12H9ClF4N4O. The number of aromatic nitrogens is 2. The minimum atomic E-state index is -4.69. The third kappa shape index (κ3) is 2.90. The van der Waals surface area contributed by atoms with Crippen LogP contribution in [0.3, 0.4) is 0 Å². The lowest BCUT2D eigenvalue weighted by Crippen LogP contribution is -2.30. The van der Waals surface area contributed by atoms with Crippen LogP contribution in [0.15, 0.2) is 29.2 Å². The Morgan fingerprint density at radius 1 is 1.36 bits per heavy atom. The quantitative estimate of drug-likeness (QED) is 0.519. The molecule has 0 fully saturated rings. The minimum Gasteiger partial charge on any atom is -0.311 e. The van der Waals surface area contributed by atoms with E-state index in [0.717, 1.165) is 11.2 Å². The molecule has 0 bridgehead atoms. The zero-order valence-electron chi connectivity index (χ0n) is 11.0. The summed E-state index contributed by atoms with van der Waals surface area (Å²) in [5.41, 5.74) is -2.72. The van der Waals surface area contributed by atoms with Gasteiger partial charge in [-0.1, -0.05) is 11.6 Å². The highest BCUT2D eigenvalue weighted by Gasteiger charge is 2.31. The highest BCUT2D eigenvalue weighted by Crippen LogP contribution is 2.31. The fraction of sp³-hybridized carbons (Fsp3) is 0.167. The SMILES string of the molecule is CN(N)c1cnn(-c2cc(C(F)(F)F)ccc2F)c(=O)c1Cl. The number of benzene rings is 1. The maximum Gasteiger partial charge on any atom is 0.416 e. The van der Waals surface area contributed by atoms with Gasteiger partial charge in [-0.2, -0.15) is 23.0 Å². The third-order valence-electron chi connectivity index (χ3n) is 2.78. The van der Waals surface area contributed by atoms with Crippen molar-refractivity contribution in [3.8, 4) is 5.69 Å². The van der Waals surface area contributed by atoms with Crippen molar-refractivity contribution >= 4 is 17.3 Å². The molecule has 2 aromatic rings. The number of hydrazine groups is 1. The molecule has 0 aliphatic carbocycles. The molecule has 0 aliphatic rings. The number of rotatable bonds is 2. The molecule has 0 unspecified atom stereocenters. The Labute approximate surface area is 126 Å². The summed E-state index contributed by atoms with van der Waals surface area (Å²) >= 11 is 5.79. The van der Waals surface area contributed by atoms with Crippen LogP contribution in [0.25, 0.3) is 5.69 Å². The number of hydrogen-bond donors (Lipinski definition) is 1. The summed E-state index contributed by atoms with van der Waals surface area (Å²) in [5, 5.41) is 4.22. The van der Waals surface area contributed by atoms with E-state index in [4.69, 9.17) is 17.4 Å². The lowest BCUT2D eigenvalue weighted by Gasteiger charge is -2.15. The van der Waals surface area contributed by atoms with Gasteiger partial charge in [-0.15, -0.1) is 0 Å². The zero-order valence-corrected chi connectivity index (χ0v) is 11.8. The smallest absolute Gasteiger partial charge is 0.311 e. The van der Waals surface area contributed by atoms with E-state index in [1.807, 2.05) is 0 Å². The van der Waals surface area contributed by atoms with Gasteiger partial charge in [0.25, 0.3) is 5.56 Å². The first-order valence-corrected chi connectivity index (χ1v) is 6.14. The van der Waals surface area contributed by atoms with Crippen molar-refractivity contribution in [1.82, 2.24) is 9.78 Å². The Morgan fingerprint density at radius 3 is 2.55 bits per heavy atom. The second kappa shape index (κ2) is 5.58. The Bertz CT molecular complexity index is 773. The van der Waals surface area contributed by atoms with Gasteiger partial charge in [0, 0.05) is 7.05 Å². The van der Waals surface area contributed by atoms with Gasteiger partial charge in [0.05, 0.1) is 17.4 Å². The number of anilines is 1. The second-order valence-electron chi connectivity index (χ2n) is 4.34. The van der Waals surface area contributed by atoms with Crippen LogP contribution in [0.2, 0.25) is 5.02 Å². The molecule has 0 saturated heterocycles. The third-order valence-corrected chi connectivity index (χ3v) is 3.14. The fourth-order valence-electron chi connectivity index (χ4n) is 1.69. The lowest BCUT2D eigenvalue weighted by atomic mass is 10.2. The van der Waals surface area contributed by atoms with Crippen molar-refractivity contribution in [1.29, 1.82) is 0 Å². The molecule has 1 aromatic heterocycles. The summed E-state index contributed by atoms with van der Waals surface area (Å²) in [6.45, 7) is 0. The van der Waals surface area contributed by atoms with Crippen LogP contribution in [-0.2, 0) is 6.18 Å². The maximum absolute atomic E-state index is 13.8. The van der Waals surface area contributed by atoms with Crippen LogP contribution < -0.4 is 16.4 Å². The molecule has 22 heavy (non-hydrogen) atoms. The summed E-state index contributed by atoms with van der Waals surface area (Å²) < 4.78 is 52.3. The number of alkyl halides is 3. The highest BCUT2D eigenvalue weighted by atomic mass is 35.5. The average Bonchev–Trinajstić information content (AvgIpc) is 2.41. The van der Waals surface area contributed by atoms with E-state index >= 15 is 0 Å². The van der Waals surface area contributed by atoms with E-state index in [-0.39, 0.29) is 5.69 Å². The van der Waals surface area contributed by atoms with E-state index < -0.39 is 33.8 Å². The molecule has 1 heterocycles. The molecule has 0 atom stereocenters. The van der Waals surface area contributed by atoms with Gasteiger partial charge in [-0.25, -0.2) is 10.2 Å². The summed E-state index contributed by atoms with van der Waals surface area (Å²) in [5.74, 6) is 4.37. The molecule has 0 spiro atoms. The standard InChI is InChI=1S/C12H9ClF4N4O/c1-20(18)9-5-19-21(11(22)10(9)13)8-4-6(12(15,16)17)2-3-7(8)14/h2-5H,18H2,1H3. The van der Waals surface area contributed by atoms with Gasteiger partial charge < -0.3 is 5.01 Å². The molecule has 0 amide bonds. The first-order valence-electron chi connectivity index (χ1n) is 5.76. The van der Waals surface area contributed by atoms with Crippen molar-refractivity contribution in [2.24, 2.45) is 5.84 Å². The van der Waals surface area contributed by atoms with Crippen LogP contribution in [-0.4, -0.2) is 16.8 Å². The van der Waals surface area contributed by atoms with Crippen molar-refractivity contribution in [2.45, 2.75) is 6.18 Å². The van der Waals surface area contributed by atoms with E-state index in [1.54, 1.807) is 0 Å². The first-order chi connectivity index (χ1) is 10.1. The van der Waals surface area contributed by atoms with Crippen molar-refractivity contribution in [2.75, 3.05) is 12.1 Å². The van der Waals surface area contributed by atoms with E-state index in [1.165, 1.54) is 7.05 Å². The molecule has 10 heteroatoms. The predicted octanol–water partition coefficient (Wildman–Crippen LogP) is 2.35. The van der Waals surface area contributed by atoms with Gasteiger partial charge in [0.1, 0.15) is 16.5 Å². The molecule has 0 aliphatic heterocycles. The molecule has 2 rings (SSSR count). The topological polar surface area (TPSA) is 64.2 Å². The maximum atomic E-state index is 13.8. The molecule has 5 nitrogen and oxygen atoms in total. The number of nitrogens with two attached hydrogens (primary N) is 1. The second-order valence-corrected chi connectivity index (χ2v) is 4.71. The van der Waals surface area contributed by atoms with Gasteiger partial charge in [-0.05, 0) is 18.2 Å². The highest BCUT2D eigenvalue weighted by molar-refractivity contribution is 6.33. The van der Waals surface area contributed by atoms with Gasteiger partial charge in [0.15, 0.2) is 0 Å². The van der Waals surface area contributed by atoms with E-state index in [2.05, 4.69) is 5.10 Å². The van der Waals surface area contributed by atoms with Crippen LogP contribution in [0.1, 0.15) is 5.56 Å². The summed E-state index contributed by atoms with van der Waals surface area (Å²) in [7, 11) is 1.39. The summed E-state index contributed by atoms with van der Waals surface area (Å²) in [4.78, 5) is 12.0.